The second-order valence-electron chi connectivity index (χ2n) is 6.49. The Morgan fingerprint density at radius 1 is 1.10 bits per heavy atom. The Hall–Kier alpha value is -3.01. The average molecular weight is 426 g/mol. The van der Waals surface area contributed by atoms with Crippen LogP contribution in [0.15, 0.2) is 54.6 Å². The van der Waals surface area contributed by atoms with Gasteiger partial charge < -0.3 is 9.67 Å². The third kappa shape index (κ3) is 4.53. The summed E-state index contributed by atoms with van der Waals surface area (Å²) < 4.78 is 63.4. The molecule has 1 heterocycles. The topological polar surface area (TPSA) is 79.6 Å². The zero-order chi connectivity index (χ0) is 21.4. The van der Waals surface area contributed by atoms with Gasteiger partial charge in [0.15, 0.2) is 5.75 Å². The summed E-state index contributed by atoms with van der Waals surface area (Å²) in [5.41, 5.74) is 1.56. The molecule has 0 fully saturated rings. The molecule has 2 aromatic carbocycles. The monoisotopic (exact) mass is 426 g/mol. The number of sulfonamides is 1. The molecule has 6 nitrogen and oxygen atoms in total. The minimum atomic E-state index is -4.84. The molecule has 0 saturated carbocycles. The summed E-state index contributed by atoms with van der Waals surface area (Å²) in [5, 5.41) is 10.2. The number of hydrogen-bond acceptors (Lipinski definition) is 3. The molecule has 0 aliphatic heterocycles. The molecule has 3 aromatic rings. The van der Waals surface area contributed by atoms with E-state index in [1.165, 1.54) is 12.1 Å². The van der Waals surface area contributed by atoms with Crippen LogP contribution in [0.4, 0.5) is 18.9 Å². The van der Waals surface area contributed by atoms with Crippen molar-refractivity contribution in [3.63, 3.8) is 0 Å². The van der Waals surface area contributed by atoms with Gasteiger partial charge in [-0.05, 0) is 29.8 Å². The number of carboxylic acid groups (broad SMARTS) is 1. The first kappa shape index (κ1) is 20.7. The van der Waals surface area contributed by atoms with E-state index in [-0.39, 0.29) is 17.9 Å². The van der Waals surface area contributed by atoms with Gasteiger partial charge in [0.1, 0.15) is 5.69 Å². The van der Waals surface area contributed by atoms with Crippen molar-refractivity contribution in [1.82, 2.24) is 4.57 Å². The molecule has 0 bridgehead atoms. The number of para-hydroxylation sites is 1. The van der Waals surface area contributed by atoms with Gasteiger partial charge in [0.25, 0.3) is 0 Å². The number of carbonyl (C=O) groups is 1. The predicted molar refractivity (Wildman–Crippen MR) is 103 cm³/mol. The Balaban J connectivity index is 1.88. The summed E-state index contributed by atoms with van der Waals surface area (Å²) in [4.78, 5) is 11.6. The van der Waals surface area contributed by atoms with E-state index in [2.05, 4.69) is 0 Å². The molecule has 3 rings (SSSR count). The van der Waals surface area contributed by atoms with E-state index in [0.717, 1.165) is 18.0 Å². The minimum Gasteiger partial charge on any atom is -0.477 e. The Morgan fingerprint density at radius 2 is 1.72 bits per heavy atom. The lowest BCUT2D eigenvalue weighted by Gasteiger charge is -2.20. The normalized spacial score (nSPS) is 12.3. The summed E-state index contributed by atoms with van der Waals surface area (Å²) in [5.74, 6) is -3.04. The molecule has 0 aliphatic rings. The van der Waals surface area contributed by atoms with Crippen LogP contribution in [-0.2, 0) is 16.6 Å². The molecule has 0 spiro atoms. The zero-order valence-corrected chi connectivity index (χ0v) is 16.0. The summed E-state index contributed by atoms with van der Waals surface area (Å²) >= 11 is 0. The molecule has 0 atom stereocenters. The van der Waals surface area contributed by atoms with Crippen molar-refractivity contribution in [2.75, 3.05) is 17.1 Å². The van der Waals surface area contributed by atoms with Crippen LogP contribution < -0.4 is 4.31 Å². The Labute approximate surface area is 164 Å². The second-order valence-corrected chi connectivity index (χ2v) is 8.49. The summed E-state index contributed by atoms with van der Waals surface area (Å²) in [6.45, 7) is 0.203. The molecule has 1 aromatic heterocycles. The third-order valence-electron chi connectivity index (χ3n) is 4.43. The quantitative estimate of drug-likeness (QED) is 0.652. The molecule has 0 unspecified atom stereocenters. The first-order valence-corrected chi connectivity index (χ1v) is 10.0. The number of halogens is 3. The lowest BCUT2D eigenvalue weighted by atomic mass is 10.2. The first-order valence-electron chi connectivity index (χ1n) is 8.42. The highest BCUT2D eigenvalue weighted by atomic mass is 32.2. The molecular formula is C19H17F3N2O4S. The van der Waals surface area contributed by atoms with E-state index in [1.807, 2.05) is 0 Å². The van der Waals surface area contributed by atoms with Crippen LogP contribution in [0, 0.1) is 0 Å². The maximum atomic E-state index is 12.5. The molecule has 29 heavy (non-hydrogen) atoms. The van der Waals surface area contributed by atoms with Crippen LogP contribution in [-0.4, -0.2) is 43.0 Å². The smallest absolute Gasteiger partial charge is 0.404 e. The van der Waals surface area contributed by atoms with E-state index in [4.69, 9.17) is 0 Å². The average Bonchev–Trinajstić information content (AvgIpc) is 2.99. The second kappa shape index (κ2) is 7.43. The molecule has 0 radical (unpaired) electrons. The highest BCUT2D eigenvalue weighted by Crippen LogP contribution is 2.25. The van der Waals surface area contributed by atoms with Crippen LogP contribution in [0.2, 0.25) is 0 Å². The standard InChI is InChI=1S/C19H17F3N2O4S/c1-23(29(27,28)12-19(20,21)22)15-8-6-13(7-9-15)11-24-16-5-3-2-4-14(16)10-17(24)18(25)26/h2-10H,11-12H2,1H3,(H,25,26). The Kier molecular flexibility index (Phi) is 5.31. The number of nitrogens with zero attached hydrogens (tertiary/aromatic N) is 2. The van der Waals surface area contributed by atoms with E-state index in [9.17, 15) is 31.5 Å². The van der Waals surface area contributed by atoms with Crippen molar-refractivity contribution >= 4 is 32.6 Å². The number of aromatic nitrogens is 1. The van der Waals surface area contributed by atoms with Crippen LogP contribution in [0.25, 0.3) is 10.9 Å². The fraction of sp³-hybridized carbons (Fsp3) is 0.211. The molecule has 1 N–H and O–H groups in total. The summed E-state index contributed by atoms with van der Waals surface area (Å²) in [7, 11) is -3.50. The van der Waals surface area contributed by atoms with Gasteiger partial charge in [0, 0.05) is 24.5 Å². The number of benzene rings is 2. The van der Waals surface area contributed by atoms with Crippen molar-refractivity contribution in [3.8, 4) is 0 Å². The number of rotatable bonds is 6. The van der Waals surface area contributed by atoms with Crippen LogP contribution in [0.5, 0.6) is 0 Å². The van der Waals surface area contributed by atoms with Gasteiger partial charge in [-0.1, -0.05) is 30.3 Å². The molecule has 154 valence electrons. The minimum absolute atomic E-state index is 0.0776. The number of anilines is 1. The summed E-state index contributed by atoms with van der Waals surface area (Å²) in [6.07, 6.45) is -4.84. The first-order chi connectivity index (χ1) is 13.5. The van der Waals surface area contributed by atoms with Gasteiger partial charge in [-0.25, -0.2) is 13.2 Å². The molecular weight excluding hydrogens is 409 g/mol. The molecule has 0 aliphatic carbocycles. The van der Waals surface area contributed by atoms with Gasteiger partial charge in [0.05, 0.1) is 5.69 Å². The fourth-order valence-electron chi connectivity index (χ4n) is 3.02. The molecule has 0 saturated heterocycles. The summed E-state index contributed by atoms with van der Waals surface area (Å²) in [6, 6.07) is 14.6. The van der Waals surface area contributed by atoms with Crippen molar-refractivity contribution in [2.24, 2.45) is 0 Å². The van der Waals surface area contributed by atoms with Crippen molar-refractivity contribution in [1.29, 1.82) is 0 Å². The number of alkyl halides is 3. The highest BCUT2D eigenvalue weighted by molar-refractivity contribution is 7.92. The van der Waals surface area contributed by atoms with E-state index in [1.54, 1.807) is 47.0 Å². The van der Waals surface area contributed by atoms with Crippen molar-refractivity contribution in [3.05, 3.63) is 65.9 Å². The number of carboxylic acids is 1. The van der Waals surface area contributed by atoms with Gasteiger partial charge in [-0.3, -0.25) is 4.31 Å². The number of aromatic carboxylic acids is 1. The maximum absolute atomic E-state index is 12.5. The van der Waals surface area contributed by atoms with Gasteiger partial charge in [-0.15, -0.1) is 0 Å². The molecule has 0 amide bonds. The van der Waals surface area contributed by atoms with Crippen molar-refractivity contribution < 1.29 is 31.5 Å². The fourth-order valence-corrected chi connectivity index (χ4v) is 4.07. The largest absolute Gasteiger partial charge is 0.477 e. The van der Waals surface area contributed by atoms with Gasteiger partial charge in [0.2, 0.25) is 10.0 Å². The van der Waals surface area contributed by atoms with E-state index in [0.29, 0.717) is 9.87 Å². The third-order valence-corrected chi connectivity index (χ3v) is 6.17. The highest BCUT2D eigenvalue weighted by Gasteiger charge is 2.37. The lowest BCUT2D eigenvalue weighted by molar-refractivity contribution is -0.106. The van der Waals surface area contributed by atoms with Crippen LogP contribution in [0.1, 0.15) is 16.1 Å². The molecule has 10 heteroatoms. The van der Waals surface area contributed by atoms with Crippen LogP contribution >= 0.6 is 0 Å². The maximum Gasteiger partial charge on any atom is 0.404 e. The number of fused-ring (bicyclic) bond motifs is 1. The van der Waals surface area contributed by atoms with Crippen LogP contribution in [0.3, 0.4) is 0 Å². The zero-order valence-electron chi connectivity index (χ0n) is 15.2. The predicted octanol–water partition coefficient (Wildman–Crippen LogP) is 3.72. The number of hydrogen-bond donors (Lipinski definition) is 1. The Morgan fingerprint density at radius 3 is 2.31 bits per heavy atom. The van der Waals surface area contributed by atoms with Gasteiger partial charge in [-0.2, -0.15) is 13.2 Å². The van der Waals surface area contributed by atoms with Crippen molar-refractivity contribution in [2.45, 2.75) is 12.7 Å². The van der Waals surface area contributed by atoms with E-state index >= 15 is 0 Å². The Bertz CT molecular complexity index is 1150. The SMILES string of the molecule is CN(c1ccc(Cn2c(C(=O)O)cc3ccccc32)cc1)S(=O)(=O)CC(F)(F)F. The lowest BCUT2D eigenvalue weighted by Crippen LogP contribution is -2.35. The van der Waals surface area contributed by atoms with Gasteiger partial charge >= 0.3 is 12.1 Å². The van der Waals surface area contributed by atoms with E-state index < -0.39 is 27.9 Å².